The lowest BCUT2D eigenvalue weighted by Crippen LogP contribution is -2.60. The van der Waals surface area contributed by atoms with E-state index in [1.807, 2.05) is 0 Å². The van der Waals surface area contributed by atoms with Crippen LogP contribution in [0.3, 0.4) is 0 Å². The largest absolute Gasteiger partial charge is 0.482 e. The average molecular weight is 274 g/mol. The second-order valence-electron chi connectivity index (χ2n) is 4.27. The van der Waals surface area contributed by atoms with E-state index in [0.717, 1.165) is 12.1 Å². The molecule has 0 saturated carbocycles. The molecule has 1 aliphatic heterocycles. The molecule has 1 aliphatic rings. The predicted octanol–water partition coefficient (Wildman–Crippen LogP) is -0.996. The lowest BCUT2D eigenvalue weighted by molar-refractivity contribution is -0.280. The summed E-state index contributed by atoms with van der Waals surface area (Å²) in [6.45, 7) is -0.543. The number of hydrogen-bond donors (Lipinski definition) is 4. The topological polar surface area (TPSA) is 99.4 Å². The van der Waals surface area contributed by atoms with Gasteiger partial charge in [0.1, 0.15) is 29.9 Å². The van der Waals surface area contributed by atoms with Gasteiger partial charge in [-0.05, 0) is 24.3 Å². The molecule has 0 aliphatic carbocycles. The van der Waals surface area contributed by atoms with E-state index in [0.29, 0.717) is 0 Å². The SMILES string of the molecule is OC[C@H]1O[C@@H](O)[C@H](Oc2ccc(F)cc2)[C@@H](O)[C@@H]1O. The third-order valence-corrected chi connectivity index (χ3v) is 2.93. The highest BCUT2D eigenvalue weighted by Gasteiger charge is 2.45. The summed E-state index contributed by atoms with van der Waals surface area (Å²) in [5, 5.41) is 38.1. The zero-order chi connectivity index (χ0) is 14.0. The van der Waals surface area contributed by atoms with E-state index >= 15 is 0 Å². The fourth-order valence-electron chi connectivity index (χ4n) is 1.87. The van der Waals surface area contributed by atoms with Crippen LogP contribution in [0.1, 0.15) is 0 Å². The van der Waals surface area contributed by atoms with Gasteiger partial charge in [0.05, 0.1) is 6.61 Å². The Labute approximate surface area is 108 Å². The molecule has 1 heterocycles. The van der Waals surface area contributed by atoms with Gasteiger partial charge in [-0.15, -0.1) is 0 Å². The third kappa shape index (κ3) is 3.02. The predicted molar refractivity (Wildman–Crippen MR) is 60.8 cm³/mol. The Morgan fingerprint density at radius 2 is 1.74 bits per heavy atom. The minimum Gasteiger partial charge on any atom is -0.482 e. The lowest BCUT2D eigenvalue weighted by Gasteiger charge is -2.39. The molecule has 0 unspecified atom stereocenters. The molecule has 0 spiro atoms. The second kappa shape index (κ2) is 5.81. The van der Waals surface area contributed by atoms with Gasteiger partial charge in [0.15, 0.2) is 12.4 Å². The van der Waals surface area contributed by atoms with E-state index in [1.165, 1.54) is 12.1 Å². The van der Waals surface area contributed by atoms with E-state index in [-0.39, 0.29) is 5.75 Å². The van der Waals surface area contributed by atoms with Crippen LogP contribution in [0.15, 0.2) is 24.3 Å². The molecule has 6 nitrogen and oxygen atoms in total. The van der Waals surface area contributed by atoms with Crippen LogP contribution in [0.2, 0.25) is 0 Å². The Kier molecular flexibility index (Phi) is 4.33. The van der Waals surface area contributed by atoms with Gasteiger partial charge in [-0.3, -0.25) is 0 Å². The van der Waals surface area contributed by atoms with Crippen LogP contribution in [0.4, 0.5) is 4.39 Å². The van der Waals surface area contributed by atoms with E-state index in [9.17, 15) is 19.7 Å². The third-order valence-electron chi connectivity index (χ3n) is 2.93. The van der Waals surface area contributed by atoms with Gasteiger partial charge >= 0.3 is 0 Å². The molecule has 0 aromatic heterocycles. The Balaban J connectivity index is 2.09. The zero-order valence-corrected chi connectivity index (χ0v) is 9.89. The molecular formula is C12H15FO6. The maximum Gasteiger partial charge on any atom is 0.195 e. The van der Waals surface area contributed by atoms with Crippen molar-refractivity contribution >= 4 is 0 Å². The van der Waals surface area contributed by atoms with Crippen LogP contribution in [-0.4, -0.2) is 57.7 Å². The van der Waals surface area contributed by atoms with Crippen LogP contribution < -0.4 is 4.74 Å². The number of ether oxygens (including phenoxy) is 2. The molecule has 106 valence electrons. The van der Waals surface area contributed by atoms with Crippen LogP contribution >= 0.6 is 0 Å². The number of halogens is 1. The van der Waals surface area contributed by atoms with Gasteiger partial charge in [-0.1, -0.05) is 0 Å². The number of aliphatic hydroxyl groups is 4. The fraction of sp³-hybridized carbons (Fsp3) is 0.500. The molecule has 1 fully saturated rings. The van der Waals surface area contributed by atoms with Crippen LogP contribution in [0.5, 0.6) is 5.75 Å². The molecular weight excluding hydrogens is 259 g/mol. The smallest absolute Gasteiger partial charge is 0.195 e. The average Bonchev–Trinajstić information content (AvgIpc) is 2.41. The summed E-state index contributed by atoms with van der Waals surface area (Å²) in [4.78, 5) is 0. The van der Waals surface area contributed by atoms with E-state index in [2.05, 4.69) is 0 Å². The van der Waals surface area contributed by atoms with Gasteiger partial charge in [-0.25, -0.2) is 4.39 Å². The molecule has 2 rings (SSSR count). The van der Waals surface area contributed by atoms with Crippen LogP contribution in [0.25, 0.3) is 0 Å². The molecule has 1 saturated heterocycles. The molecule has 0 radical (unpaired) electrons. The maximum absolute atomic E-state index is 12.7. The standard InChI is InChI=1S/C12H15FO6/c13-6-1-3-7(4-2-6)18-11-10(16)9(15)8(5-14)19-12(11)17/h1-4,8-12,14-17H,5H2/t8-,9-,10+,11-,12-/m1/s1. The monoisotopic (exact) mass is 274 g/mol. The number of benzene rings is 1. The Morgan fingerprint density at radius 3 is 2.32 bits per heavy atom. The second-order valence-corrected chi connectivity index (χ2v) is 4.27. The molecule has 5 atom stereocenters. The summed E-state index contributed by atoms with van der Waals surface area (Å²) in [6.07, 6.45) is -6.66. The number of hydrogen-bond acceptors (Lipinski definition) is 6. The minimum atomic E-state index is -1.51. The first kappa shape index (κ1) is 14.2. The van der Waals surface area contributed by atoms with E-state index in [1.54, 1.807) is 0 Å². The summed E-state index contributed by atoms with van der Waals surface area (Å²) in [5.74, 6) is -0.239. The van der Waals surface area contributed by atoms with Crippen LogP contribution in [-0.2, 0) is 4.74 Å². The highest BCUT2D eigenvalue weighted by Crippen LogP contribution is 2.24. The van der Waals surface area contributed by atoms with Gasteiger partial charge < -0.3 is 29.9 Å². The van der Waals surface area contributed by atoms with Crippen molar-refractivity contribution in [3.05, 3.63) is 30.1 Å². The van der Waals surface area contributed by atoms with Crippen molar-refractivity contribution in [3.63, 3.8) is 0 Å². The number of rotatable bonds is 3. The minimum absolute atomic E-state index is 0.211. The molecule has 19 heavy (non-hydrogen) atoms. The quantitative estimate of drug-likeness (QED) is 0.564. The first-order chi connectivity index (χ1) is 9.02. The van der Waals surface area contributed by atoms with E-state index < -0.39 is 43.1 Å². The summed E-state index contributed by atoms with van der Waals surface area (Å²) in [5.41, 5.74) is 0. The summed E-state index contributed by atoms with van der Waals surface area (Å²) in [6, 6.07) is 4.95. The molecule has 0 amide bonds. The van der Waals surface area contributed by atoms with Crippen molar-refractivity contribution < 1.29 is 34.3 Å². The molecule has 4 N–H and O–H groups in total. The molecule has 1 aromatic rings. The first-order valence-corrected chi connectivity index (χ1v) is 5.75. The highest BCUT2D eigenvalue weighted by molar-refractivity contribution is 5.22. The Bertz CT molecular complexity index is 411. The maximum atomic E-state index is 12.7. The van der Waals surface area contributed by atoms with Crippen molar-refractivity contribution in [2.75, 3.05) is 6.61 Å². The van der Waals surface area contributed by atoms with Crippen molar-refractivity contribution in [1.29, 1.82) is 0 Å². The van der Waals surface area contributed by atoms with Crippen molar-refractivity contribution in [2.24, 2.45) is 0 Å². The van der Waals surface area contributed by atoms with E-state index in [4.69, 9.17) is 14.6 Å². The van der Waals surface area contributed by atoms with Gasteiger partial charge in [-0.2, -0.15) is 0 Å². The zero-order valence-electron chi connectivity index (χ0n) is 9.89. The van der Waals surface area contributed by atoms with Gasteiger partial charge in [0, 0.05) is 0 Å². The van der Waals surface area contributed by atoms with Crippen molar-refractivity contribution in [1.82, 2.24) is 0 Å². The fourth-order valence-corrected chi connectivity index (χ4v) is 1.87. The van der Waals surface area contributed by atoms with Gasteiger partial charge in [0.2, 0.25) is 0 Å². The van der Waals surface area contributed by atoms with Crippen molar-refractivity contribution in [3.8, 4) is 5.75 Å². The molecule has 7 heteroatoms. The van der Waals surface area contributed by atoms with Gasteiger partial charge in [0.25, 0.3) is 0 Å². The Hall–Kier alpha value is -1.25. The summed E-state index contributed by atoms with van der Waals surface area (Å²) < 4.78 is 22.9. The normalized spacial score (nSPS) is 35.1. The summed E-state index contributed by atoms with van der Waals surface area (Å²) >= 11 is 0. The summed E-state index contributed by atoms with van der Waals surface area (Å²) in [7, 11) is 0. The molecule has 1 aromatic carbocycles. The highest BCUT2D eigenvalue weighted by atomic mass is 19.1. The van der Waals surface area contributed by atoms with Crippen molar-refractivity contribution in [2.45, 2.75) is 30.7 Å². The lowest BCUT2D eigenvalue weighted by atomic mass is 9.99. The van der Waals surface area contributed by atoms with Crippen LogP contribution in [0, 0.1) is 5.82 Å². The first-order valence-electron chi connectivity index (χ1n) is 5.75. The Morgan fingerprint density at radius 1 is 1.11 bits per heavy atom. The number of aliphatic hydroxyl groups excluding tert-OH is 4. The molecule has 0 bridgehead atoms.